The molecule has 0 bridgehead atoms. The van der Waals surface area contributed by atoms with Crippen molar-refractivity contribution in [1.29, 1.82) is 0 Å². The Bertz CT molecular complexity index is 886. The smallest absolute Gasteiger partial charge is 0.0633 e. The SMILES string of the molecule is CCCCCCCCCc1ccc(N=C(CCCC)C(CCCC)=Nc2ccc(CCCCCCCCC)cc2)cc1. The molecular weight excluding hydrogens is 508 g/mol. The molecule has 0 aromatic heterocycles. The summed E-state index contributed by atoms with van der Waals surface area (Å²) in [4.78, 5) is 10.4. The van der Waals surface area contributed by atoms with E-state index in [0.717, 1.165) is 37.1 Å². The number of rotatable bonds is 25. The third kappa shape index (κ3) is 16.4. The maximum atomic E-state index is 5.20. The van der Waals surface area contributed by atoms with Crippen molar-refractivity contribution in [2.75, 3.05) is 0 Å². The second kappa shape index (κ2) is 24.2. The van der Waals surface area contributed by atoms with Gasteiger partial charge in [0.1, 0.15) is 0 Å². The molecule has 0 amide bonds. The molecule has 42 heavy (non-hydrogen) atoms. The molecular formula is C40H64N2. The summed E-state index contributed by atoms with van der Waals surface area (Å²) in [5.41, 5.74) is 7.37. The highest BCUT2D eigenvalue weighted by Gasteiger charge is 2.11. The molecule has 2 aromatic rings. The average molecular weight is 573 g/mol. The van der Waals surface area contributed by atoms with Crippen molar-refractivity contribution in [3.05, 3.63) is 59.7 Å². The highest BCUT2D eigenvalue weighted by molar-refractivity contribution is 6.43. The molecule has 0 radical (unpaired) electrons. The number of benzene rings is 2. The molecule has 0 unspecified atom stereocenters. The van der Waals surface area contributed by atoms with Gasteiger partial charge in [0, 0.05) is 0 Å². The van der Waals surface area contributed by atoms with E-state index in [1.165, 1.54) is 138 Å². The Hall–Kier alpha value is -2.22. The van der Waals surface area contributed by atoms with Crippen molar-refractivity contribution in [2.24, 2.45) is 9.98 Å². The van der Waals surface area contributed by atoms with Gasteiger partial charge < -0.3 is 0 Å². The Labute approximate surface area is 260 Å². The normalized spacial score (nSPS) is 12.3. The first-order valence-electron chi connectivity index (χ1n) is 18.0. The zero-order valence-corrected chi connectivity index (χ0v) is 28.1. The lowest BCUT2D eigenvalue weighted by Crippen LogP contribution is -2.14. The summed E-state index contributed by atoms with van der Waals surface area (Å²) in [7, 11) is 0. The highest BCUT2D eigenvalue weighted by atomic mass is 14.8. The van der Waals surface area contributed by atoms with Gasteiger partial charge in [0.05, 0.1) is 22.8 Å². The largest absolute Gasteiger partial charge is 0.252 e. The van der Waals surface area contributed by atoms with Gasteiger partial charge in [0.2, 0.25) is 0 Å². The lowest BCUT2D eigenvalue weighted by Gasteiger charge is -2.11. The minimum Gasteiger partial charge on any atom is -0.252 e. The number of aryl methyl sites for hydroxylation is 2. The van der Waals surface area contributed by atoms with Crippen LogP contribution in [0.3, 0.4) is 0 Å². The van der Waals surface area contributed by atoms with Crippen LogP contribution in [0.4, 0.5) is 11.4 Å². The van der Waals surface area contributed by atoms with Crippen molar-refractivity contribution < 1.29 is 0 Å². The molecule has 0 saturated carbocycles. The van der Waals surface area contributed by atoms with Gasteiger partial charge in [0.25, 0.3) is 0 Å². The Morgan fingerprint density at radius 2 is 0.690 bits per heavy atom. The minimum atomic E-state index is 0.995. The van der Waals surface area contributed by atoms with Crippen LogP contribution in [0.5, 0.6) is 0 Å². The molecule has 0 aliphatic heterocycles. The van der Waals surface area contributed by atoms with E-state index in [0.29, 0.717) is 0 Å². The highest BCUT2D eigenvalue weighted by Crippen LogP contribution is 2.21. The van der Waals surface area contributed by atoms with Gasteiger partial charge in [-0.1, -0.05) is 142 Å². The van der Waals surface area contributed by atoms with E-state index in [2.05, 4.69) is 76.2 Å². The van der Waals surface area contributed by atoms with E-state index < -0.39 is 0 Å². The first-order chi connectivity index (χ1) is 20.7. The van der Waals surface area contributed by atoms with E-state index in [1.807, 2.05) is 0 Å². The van der Waals surface area contributed by atoms with Gasteiger partial charge in [-0.25, -0.2) is 0 Å². The van der Waals surface area contributed by atoms with E-state index in [4.69, 9.17) is 9.98 Å². The van der Waals surface area contributed by atoms with Crippen LogP contribution < -0.4 is 0 Å². The number of hydrogen-bond donors (Lipinski definition) is 0. The number of unbranched alkanes of at least 4 members (excludes halogenated alkanes) is 14. The quantitative estimate of drug-likeness (QED) is 0.0835. The van der Waals surface area contributed by atoms with Crippen LogP contribution in [0.25, 0.3) is 0 Å². The topological polar surface area (TPSA) is 24.7 Å². The molecule has 0 saturated heterocycles. The van der Waals surface area contributed by atoms with Crippen LogP contribution in [-0.4, -0.2) is 11.4 Å². The molecule has 0 heterocycles. The van der Waals surface area contributed by atoms with Crippen molar-refractivity contribution in [3.63, 3.8) is 0 Å². The number of hydrogen-bond acceptors (Lipinski definition) is 2. The molecule has 2 aromatic carbocycles. The summed E-state index contributed by atoms with van der Waals surface area (Å²) >= 11 is 0. The predicted octanol–water partition coefficient (Wildman–Crippen LogP) is 13.5. The van der Waals surface area contributed by atoms with Gasteiger partial charge in [-0.2, -0.15) is 0 Å². The Balaban J connectivity index is 2.03. The molecule has 0 N–H and O–H groups in total. The van der Waals surface area contributed by atoms with Crippen LogP contribution in [0, 0.1) is 0 Å². The summed E-state index contributed by atoms with van der Waals surface area (Å²) in [5, 5.41) is 0. The van der Waals surface area contributed by atoms with Crippen LogP contribution in [0.15, 0.2) is 58.5 Å². The van der Waals surface area contributed by atoms with Crippen molar-refractivity contribution in [1.82, 2.24) is 0 Å². The van der Waals surface area contributed by atoms with Gasteiger partial charge in [0.15, 0.2) is 0 Å². The molecule has 0 aliphatic carbocycles. The number of aliphatic imine (C=N–C) groups is 2. The maximum absolute atomic E-state index is 5.20. The summed E-state index contributed by atoms with van der Waals surface area (Å²) in [5.74, 6) is 0. The van der Waals surface area contributed by atoms with E-state index in [1.54, 1.807) is 0 Å². The van der Waals surface area contributed by atoms with E-state index in [-0.39, 0.29) is 0 Å². The third-order valence-electron chi connectivity index (χ3n) is 8.41. The number of nitrogens with zero attached hydrogens (tertiary/aromatic N) is 2. The van der Waals surface area contributed by atoms with Gasteiger partial charge >= 0.3 is 0 Å². The minimum absolute atomic E-state index is 0.995. The van der Waals surface area contributed by atoms with Crippen LogP contribution in [-0.2, 0) is 12.8 Å². The second-order valence-corrected chi connectivity index (χ2v) is 12.4. The monoisotopic (exact) mass is 573 g/mol. The fourth-order valence-electron chi connectivity index (χ4n) is 5.58. The standard InChI is InChI=1S/C40H64N2/c1-5-9-13-15-17-19-21-23-35-27-31-37(32-28-35)41-39(25-11-7-3)40(26-12-8-4)42-38-33-29-36(30-34-38)24-22-20-18-16-14-10-6-2/h27-34H,5-26H2,1-4H3. The molecule has 0 spiro atoms. The molecule has 0 fully saturated rings. The van der Waals surface area contributed by atoms with Crippen molar-refractivity contribution in [3.8, 4) is 0 Å². The zero-order chi connectivity index (χ0) is 30.1. The van der Waals surface area contributed by atoms with Crippen LogP contribution in [0.1, 0.15) is 167 Å². The predicted molar refractivity (Wildman–Crippen MR) is 190 cm³/mol. The lowest BCUT2D eigenvalue weighted by molar-refractivity contribution is 0.589. The molecule has 234 valence electrons. The molecule has 2 heteroatoms. The Morgan fingerprint density at radius 1 is 0.381 bits per heavy atom. The Morgan fingerprint density at radius 3 is 1.02 bits per heavy atom. The van der Waals surface area contributed by atoms with E-state index >= 15 is 0 Å². The van der Waals surface area contributed by atoms with Crippen molar-refractivity contribution >= 4 is 22.8 Å². The van der Waals surface area contributed by atoms with Crippen LogP contribution in [0.2, 0.25) is 0 Å². The zero-order valence-electron chi connectivity index (χ0n) is 28.1. The van der Waals surface area contributed by atoms with Crippen LogP contribution >= 0.6 is 0 Å². The first kappa shape index (κ1) is 36.0. The van der Waals surface area contributed by atoms with E-state index in [9.17, 15) is 0 Å². The fraction of sp³-hybridized carbons (Fsp3) is 0.650. The third-order valence-corrected chi connectivity index (χ3v) is 8.41. The summed E-state index contributed by atoms with van der Waals surface area (Å²) in [6.07, 6.45) is 28.1. The summed E-state index contributed by atoms with van der Waals surface area (Å²) in [6, 6.07) is 18.1. The summed E-state index contributed by atoms with van der Waals surface area (Å²) in [6.45, 7) is 9.11. The molecule has 2 rings (SSSR count). The summed E-state index contributed by atoms with van der Waals surface area (Å²) < 4.78 is 0. The molecule has 2 nitrogen and oxygen atoms in total. The molecule has 0 aliphatic rings. The first-order valence-corrected chi connectivity index (χ1v) is 18.0. The molecule has 0 atom stereocenters. The van der Waals surface area contributed by atoms with Crippen molar-refractivity contribution in [2.45, 2.75) is 169 Å². The van der Waals surface area contributed by atoms with Gasteiger partial charge in [-0.15, -0.1) is 0 Å². The second-order valence-electron chi connectivity index (χ2n) is 12.4. The average Bonchev–Trinajstić information content (AvgIpc) is 3.02. The maximum Gasteiger partial charge on any atom is 0.0633 e. The fourth-order valence-corrected chi connectivity index (χ4v) is 5.58. The van der Waals surface area contributed by atoms with Gasteiger partial charge in [-0.05, 0) is 86.8 Å². The van der Waals surface area contributed by atoms with Gasteiger partial charge in [-0.3, -0.25) is 9.98 Å². The Kier molecular flexibility index (Phi) is 20.8. The lowest BCUT2D eigenvalue weighted by atomic mass is 10.0.